The third-order valence-corrected chi connectivity index (χ3v) is 6.74. The van der Waals surface area contributed by atoms with Crippen LogP contribution in [0.5, 0.6) is 0 Å². The summed E-state index contributed by atoms with van der Waals surface area (Å²) in [4.78, 5) is 29.8. The van der Waals surface area contributed by atoms with Gasteiger partial charge in [-0.05, 0) is 58.6 Å². The Kier molecular flexibility index (Phi) is 5.57. The monoisotopic (exact) mass is 522 g/mol. The first-order chi connectivity index (χ1) is 14.7. The van der Waals surface area contributed by atoms with Gasteiger partial charge in [-0.1, -0.05) is 42.3 Å². The number of carbonyl (C=O) groups is 2. The molecule has 0 spiro atoms. The van der Waals surface area contributed by atoms with E-state index in [1.807, 2.05) is 6.92 Å². The molecule has 0 saturated heterocycles. The minimum absolute atomic E-state index is 0.112. The third kappa shape index (κ3) is 3.52. The van der Waals surface area contributed by atoms with E-state index in [0.717, 1.165) is 5.56 Å². The number of aliphatic carboxylic acids is 1. The van der Waals surface area contributed by atoms with Crippen LogP contribution in [0.4, 0.5) is 0 Å². The van der Waals surface area contributed by atoms with Gasteiger partial charge in [0.15, 0.2) is 5.82 Å². The molecular weight excluding hydrogens is 507 g/mol. The van der Waals surface area contributed by atoms with E-state index < -0.39 is 22.8 Å². The molecule has 2 heterocycles. The number of pyridine rings is 1. The number of halogens is 3. The van der Waals surface area contributed by atoms with E-state index in [-0.39, 0.29) is 17.9 Å². The topological polar surface area (TPSA) is 97.1 Å². The van der Waals surface area contributed by atoms with Crippen molar-refractivity contribution in [3.05, 3.63) is 74.6 Å². The van der Waals surface area contributed by atoms with Gasteiger partial charge in [-0.2, -0.15) is 5.10 Å². The molecule has 31 heavy (non-hydrogen) atoms. The number of hydrogen-bond donors (Lipinski definition) is 2. The minimum atomic E-state index is -1.46. The summed E-state index contributed by atoms with van der Waals surface area (Å²) in [6.45, 7) is 1.90. The maximum Gasteiger partial charge on any atom is 0.330 e. The van der Waals surface area contributed by atoms with Crippen LogP contribution in [0.25, 0.3) is 5.82 Å². The molecule has 1 amide bonds. The van der Waals surface area contributed by atoms with Gasteiger partial charge in [-0.15, -0.1) is 0 Å². The molecule has 1 fully saturated rings. The molecule has 1 aliphatic carbocycles. The first kappa shape index (κ1) is 21.8. The van der Waals surface area contributed by atoms with Crippen molar-refractivity contribution in [2.45, 2.75) is 30.7 Å². The van der Waals surface area contributed by atoms with E-state index in [2.05, 4.69) is 31.3 Å². The molecule has 3 aromatic rings. The molecule has 160 valence electrons. The predicted octanol–water partition coefficient (Wildman–Crippen LogP) is 4.64. The molecular formula is C21H17BrCl2N4O3. The number of aromatic nitrogens is 3. The Labute approximate surface area is 196 Å². The highest BCUT2D eigenvalue weighted by molar-refractivity contribution is 9.10. The highest BCUT2D eigenvalue weighted by atomic mass is 79.9. The Balaban J connectivity index is 1.72. The summed E-state index contributed by atoms with van der Waals surface area (Å²) < 4.78 is 1.68. The van der Waals surface area contributed by atoms with Crippen molar-refractivity contribution in [1.29, 1.82) is 0 Å². The summed E-state index contributed by atoms with van der Waals surface area (Å²) in [7, 11) is 0. The highest BCUT2D eigenvalue weighted by Gasteiger charge is 2.73. The number of hydrogen-bond acceptors (Lipinski definition) is 4. The minimum Gasteiger partial charge on any atom is -0.479 e. The molecule has 10 heteroatoms. The van der Waals surface area contributed by atoms with Crippen LogP contribution in [0.15, 0.2) is 53.3 Å². The van der Waals surface area contributed by atoms with Crippen LogP contribution in [-0.4, -0.2) is 37.3 Å². The van der Waals surface area contributed by atoms with E-state index in [9.17, 15) is 14.7 Å². The summed E-state index contributed by atoms with van der Waals surface area (Å²) >= 11 is 15.5. The number of benzene rings is 1. The molecule has 2 unspecified atom stereocenters. The van der Waals surface area contributed by atoms with Gasteiger partial charge >= 0.3 is 5.97 Å². The van der Waals surface area contributed by atoms with Crippen molar-refractivity contribution in [2.24, 2.45) is 0 Å². The molecule has 1 aliphatic rings. The lowest BCUT2D eigenvalue weighted by Crippen LogP contribution is -2.49. The van der Waals surface area contributed by atoms with Gasteiger partial charge in [-0.25, -0.2) is 14.5 Å². The zero-order valence-corrected chi connectivity index (χ0v) is 19.4. The second-order valence-electron chi connectivity index (χ2n) is 7.36. The lowest BCUT2D eigenvalue weighted by molar-refractivity contribution is -0.141. The largest absolute Gasteiger partial charge is 0.479 e. The van der Waals surface area contributed by atoms with Crippen LogP contribution in [0.3, 0.4) is 0 Å². The molecule has 0 bridgehead atoms. The van der Waals surface area contributed by atoms with E-state index in [0.29, 0.717) is 21.1 Å². The molecule has 1 aromatic carbocycles. The third-order valence-electron chi connectivity index (χ3n) is 5.80. The van der Waals surface area contributed by atoms with Crippen molar-refractivity contribution < 1.29 is 14.7 Å². The Hall–Kier alpha value is -2.42. The first-order valence-corrected chi connectivity index (χ1v) is 11.0. The quantitative estimate of drug-likeness (QED) is 0.490. The lowest BCUT2D eigenvalue weighted by atomic mass is 9.87. The molecule has 7 nitrogen and oxygen atoms in total. The van der Waals surface area contributed by atoms with Crippen molar-refractivity contribution in [3.63, 3.8) is 0 Å². The molecule has 0 aliphatic heterocycles. The number of carboxylic acids is 1. The Morgan fingerprint density at radius 1 is 1.26 bits per heavy atom. The van der Waals surface area contributed by atoms with Gasteiger partial charge in [0, 0.05) is 22.7 Å². The van der Waals surface area contributed by atoms with E-state index in [1.54, 1.807) is 36.4 Å². The average molecular weight is 524 g/mol. The first-order valence-electron chi connectivity index (χ1n) is 9.42. The van der Waals surface area contributed by atoms with E-state index in [4.69, 9.17) is 23.2 Å². The fourth-order valence-corrected chi connectivity index (χ4v) is 4.82. The van der Waals surface area contributed by atoms with Crippen molar-refractivity contribution >= 4 is 51.0 Å². The van der Waals surface area contributed by atoms with Gasteiger partial charge in [0.2, 0.25) is 0 Å². The van der Waals surface area contributed by atoms with Crippen LogP contribution in [-0.2, 0) is 10.2 Å². The second-order valence-corrected chi connectivity index (χ2v) is 9.01. The standard InChI is InChI=1S/C21H17BrCl2N4O3/c1-2-20(12-5-7-13(23)8-6-12)11-21(20,19(30)31)26-18(29)15-10-16(22)27-28(15)17-14(24)4-3-9-25-17/h3-10H,2,11H2,1H3,(H,26,29)(H,30,31). The molecule has 0 radical (unpaired) electrons. The summed E-state index contributed by atoms with van der Waals surface area (Å²) in [6.07, 6.45) is 2.32. The summed E-state index contributed by atoms with van der Waals surface area (Å²) in [6, 6.07) is 11.8. The van der Waals surface area contributed by atoms with Crippen molar-refractivity contribution in [1.82, 2.24) is 20.1 Å². The molecule has 4 rings (SSSR count). The van der Waals surface area contributed by atoms with Gasteiger partial charge in [0.25, 0.3) is 5.91 Å². The summed E-state index contributed by atoms with van der Waals surface area (Å²) in [5.41, 5.74) is -1.28. The van der Waals surface area contributed by atoms with Gasteiger partial charge in [-0.3, -0.25) is 4.79 Å². The predicted molar refractivity (Wildman–Crippen MR) is 120 cm³/mol. The number of nitrogens with one attached hydrogen (secondary N) is 1. The lowest BCUT2D eigenvalue weighted by Gasteiger charge is -2.23. The number of rotatable bonds is 6. The van der Waals surface area contributed by atoms with Crippen molar-refractivity contribution in [3.8, 4) is 5.82 Å². The average Bonchev–Trinajstić information content (AvgIpc) is 3.25. The number of nitrogens with zero attached hydrogens (tertiary/aromatic N) is 3. The van der Waals surface area contributed by atoms with Crippen LogP contribution >= 0.6 is 39.1 Å². The van der Waals surface area contributed by atoms with Crippen molar-refractivity contribution in [2.75, 3.05) is 0 Å². The Morgan fingerprint density at radius 3 is 2.58 bits per heavy atom. The Bertz CT molecular complexity index is 1180. The smallest absolute Gasteiger partial charge is 0.330 e. The van der Waals surface area contributed by atoms with E-state index in [1.165, 1.54) is 16.9 Å². The normalized spacial score (nSPS) is 22.2. The summed E-state index contributed by atoms with van der Waals surface area (Å²) in [5.74, 6) is -1.43. The fourth-order valence-electron chi connectivity index (χ4n) is 4.12. The fraction of sp³-hybridized carbons (Fsp3) is 0.238. The van der Waals surface area contributed by atoms with Gasteiger partial charge < -0.3 is 10.4 Å². The zero-order valence-electron chi connectivity index (χ0n) is 16.3. The maximum absolute atomic E-state index is 13.3. The van der Waals surface area contributed by atoms with Crippen LogP contribution in [0.2, 0.25) is 10.0 Å². The second kappa shape index (κ2) is 7.93. The molecule has 1 saturated carbocycles. The van der Waals surface area contributed by atoms with Crippen LogP contribution < -0.4 is 5.32 Å². The van der Waals surface area contributed by atoms with Crippen LogP contribution in [0.1, 0.15) is 35.8 Å². The zero-order chi connectivity index (χ0) is 22.4. The Morgan fingerprint density at radius 2 is 1.97 bits per heavy atom. The SMILES string of the molecule is CCC1(c2ccc(Cl)cc2)CC1(NC(=O)c1cc(Br)nn1-c1ncccc1Cl)C(=O)O. The number of carboxylic acid groups (broad SMARTS) is 1. The highest BCUT2D eigenvalue weighted by Crippen LogP contribution is 2.60. The molecule has 2 atom stereocenters. The maximum atomic E-state index is 13.3. The van der Waals surface area contributed by atoms with E-state index >= 15 is 0 Å². The van der Waals surface area contributed by atoms with Gasteiger partial charge in [0.05, 0.1) is 5.02 Å². The molecule has 2 aromatic heterocycles. The van der Waals surface area contributed by atoms with Gasteiger partial charge in [0.1, 0.15) is 15.8 Å². The number of carbonyl (C=O) groups excluding carboxylic acids is 1. The number of amides is 1. The molecule has 2 N–H and O–H groups in total. The summed E-state index contributed by atoms with van der Waals surface area (Å²) in [5, 5.41) is 18.0. The van der Waals surface area contributed by atoms with Crippen LogP contribution in [0, 0.1) is 0 Å².